The van der Waals surface area contributed by atoms with Crippen LogP contribution in [0.5, 0.6) is 0 Å². The van der Waals surface area contributed by atoms with E-state index < -0.39 is 0 Å². The van der Waals surface area contributed by atoms with Crippen LogP contribution in [0.4, 0.5) is 0 Å². The molecule has 0 saturated carbocycles. The van der Waals surface area contributed by atoms with E-state index in [2.05, 4.69) is 17.2 Å². The molecule has 84 valence electrons. The summed E-state index contributed by atoms with van der Waals surface area (Å²) in [6.07, 6.45) is 5.93. The van der Waals surface area contributed by atoms with Crippen LogP contribution in [0.25, 0.3) is 0 Å². The van der Waals surface area contributed by atoms with Crippen LogP contribution in [0.2, 0.25) is 0 Å². The van der Waals surface area contributed by atoms with Gasteiger partial charge in [0.2, 0.25) is 5.91 Å². The van der Waals surface area contributed by atoms with E-state index in [0.29, 0.717) is 6.54 Å². The second-order valence-corrected chi connectivity index (χ2v) is 3.92. The molecule has 15 heavy (non-hydrogen) atoms. The van der Waals surface area contributed by atoms with E-state index in [0.717, 1.165) is 31.5 Å². The van der Waals surface area contributed by atoms with Gasteiger partial charge in [-0.15, -0.1) is 0 Å². The fraction of sp³-hybridized carbons (Fsp3) is 0.583. The number of carbonyl (C=O) groups excluding carboxylic acids is 1. The maximum atomic E-state index is 11.7. The Morgan fingerprint density at radius 2 is 2.47 bits per heavy atom. The van der Waals surface area contributed by atoms with Gasteiger partial charge in [-0.05, 0) is 31.9 Å². The van der Waals surface area contributed by atoms with Crippen LogP contribution < -0.4 is 10.6 Å². The van der Waals surface area contributed by atoms with Crippen LogP contribution in [0.1, 0.15) is 19.8 Å². The first-order valence-corrected chi connectivity index (χ1v) is 5.53. The van der Waals surface area contributed by atoms with Gasteiger partial charge in [0.1, 0.15) is 0 Å². The quantitative estimate of drug-likeness (QED) is 0.682. The van der Waals surface area contributed by atoms with Crippen molar-refractivity contribution in [3.63, 3.8) is 0 Å². The molecule has 1 fully saturated rings. The summed E-state index contributed by atoms with van der Waals surface area (Å²) in [4.78, 5) is 11.7. The minimum Gasteiger partial charge on any atom is -0.352 e. The van der Waals surface area contributed by atoms with E-state index in [4.69, 9.17) is 0 Å². The van der Waals surface area contributed by atoms with Crippen LogP contribution in [-0.4, -0.2) is 25.5 Å². The molecule has 3 heteroatoms. The Morgan fingerprint density at radius 1 is 1.67 bits per heavy atom. The molecule has 0 spiro atoms. The highest BCUT2D eigenvalue weighted by molar-refractivity contribution is 5.79. The first-order valence-electron chi connectivity index (χ1n) is 5.53. The van der Waals surface area contributed by atoms with Gasteiger partial charge in [0.15, 0.2) is 0 Å². The van der Waals surface area contributed by atoms with Gasteiger partial charge in [-0.1, -0.05) is 18.7 Å². The molecule has 0 bridgehead atoms. The average molecular weight is 208 g/mol. The monoisotopic (exact) mass is 208 g/mol. The van der Waals surface area contributed by atoms with E-state index in [1.165, 1.54) is 0 Å². The van der Waals surface area contributed by atoms with Crippen molar-refractivity contribution < 1.29 is 4.79 Å². The molecule has 1 rings (SSSR count). The minimum absolute atomic E-state index is 0.136. The molecular formula is C12H20N2O. The van der Waals surface area contributed by atoms with Gasteiger partial charge in [-0.2, -0.15) is 0 Å². The van der Waals surface area contributed by atoms with E-state index >= 15 is 0 Å². The highest BCUT2D eigenvalue weighted by Crippen LogP contribution is 2.09. The highest BCUT2D eigenvalue weighted by Gasteiger charge is 2.20. The number of amides is 1. The first kappa shape index (κ1) is 12.0. The molecule has 3 nitrogen and oxygen atoms in total. The summed E-state index contributed by atoms with van der Waals surface area (Å²) < 4.78 is 0. The van der Waals surface area contributed by atoms with Gasteiger partial charge in [-0.3, -0.25) is 4.79 Å². The molecule has 1 saturated heterocycles. The van der Waals surface area contributed by atoms with Crippen molar-refractivity contribution in [1.82, 2.24) is 10.6 Å². The van der Waals surface area contributed by atoms with E-state index in [9.17, 15) is 4.79 Å². The Kier molecular flexibility index (Phi) is 5.12. The van der Waals surface area contributed by atoms with Crippen molar-refractivity contribution in [3.8, 4) is 0 Å². The Balaban J connectivity index is 2.25. The molecule has 1 unspecified atom stereocenters. The lowest BCUT2D eigenvalue weighted by Gasteiger charge is -2.21. The summed E-state index contributed by atoms with van der Waals surface area (Å²) in [7, 11) is 0. The lowest BCUT2D eigenvalue weighted by molar-refractivity contribution is -0.125. The van der Waals surface area contributed by atoms with Crippen molar-refractivity contribution in [1.29, 1.82) is 0 Å². The Labute approximate surface area is 91.6 Å². The van der Waals surface area contributed by atoms with E-state index in [1.54, 1.807) is 0 Å². The summed E-state index contributed by atoms with van der Waals surface area (Å²) in [5.74, 6) is 0.282. The number of carbonyl (C=O) groups is 1. The first-order chi connectivity index (χ1) is 7.24. The molecule has 0 aromatic rings. The van der Waals surface area contributed by atoms with Crippen molar-refractivity contribution in [2.75, 3.05) is 19.6 Å². The molecular weight excluding hydrogens is 188 g/mol. The molecule has 0 aliphatic carbocycles. The second-order valence-electron chi connectivity index (χ2n) is 3.92. The molecule has 1 heterocycles. The zero-order valence-corrected chi connectivity index (χ0v) is 9.38. The zero-order valence-electron chi connectivity index (χ0n) is 9.38. The number of hydrogen-bond donors (Lipinski definition) is 2. The maximum absolute atomic E-state index is 11.7. The maximum Gasteiger partial charge on any atom is 0.224 e. The van der Waals surface area contributed by atoms with Crippen LogP contribution >= 0.6 is 0 Å². The largest absolute Gasteiger partial charge is 0.352 e. The van der Waals surface area contributed by atoms with Crippen molar-refractivity contribution in [2.45, 2.75) is 19.8 Å². The molecule has 1 amide bonds. The lowest BCUT2D eigenvalue weighted by Crippen LogP contribution is -2.40. The smallest absolute Gasteiger partial charge is 0.224 e. The second kappa shape index (κ2) is 6.40. The predicted molar refractivity (Wildman–Crippen MR) is 62.6 cm³/mol. The predicted octanol–water partition coefficient (Wildman–Crippen LogP) is 1.23. The SMILES string of the molecule is C=C(/C=C\C)CNC(=O)C1CCCNC1. The summed E-state index contributed by atoms with van der Waals surface area (Å²) in [6.45, 7) is 8.19. The normalized spacial score (nSPS) is 21.5. The van der Waals surface area contributed by atoms with Crippen molar-refractivity contribution >= 4 is 5.91 Å². The molecule has 1 aliphatic rings. The zero-order chi connectivity index (χ0) is 11.1. The third-order valence-corrected chi connectivity index (χ3v) is 2.56. The summed E-state index contributed by atoms with van der Waals surface area (Å²) >= 11 is 0. The fourth-order valence-corrected chi connectivity index (χ4v) is 1.72. The molecule has 2 N–H and O–H groups in total. The summed E-state index contributed by atoms with van der Waals surface area (Å²) in [5, 5.41) is 6.14. The Morgan fingerprint density at radius 3 is 3.07 bits per heavy atom. The van der Waals surface area contributed by atoms with Crippen LogP contribution in [0.3, 0.4) is 0 Å². The van der Waals surface area contributed by atoms with Crippen LogP contribution in [0, 0.1) is 5.92 Å². The number of nitrogens with one attached hydrogen (secondary N) is 2. The van der Waals surface area contributed by atoms with Crippen molar-refractivity contribution in [2.24, 2.45) is 5.92 Å². The van der Waals surface area contributed by atoms with Gasteiger partial charge in [0.25, 0.3) is 0 Å². The van der Waals surface area contributed by atoms with Gasteiger partial charge >= 0.3 is 0 Å². The van der Waals surface area contributed by atoms with Gasteiger partial charge in [0, 0.05) is 13.1 Å². The Hall–Kier alpha value is -1.09. The molecule has 0 radical (unpaired) electrons. The van der Waals surface area contributed by atoms with Crippen LogP contribution in [-0.2, 0) is 4.79 Å². The third-order valence-electron chi connectivity index (χ3n) is 2.56. The number of hydrogen-bond acceptors (Lipinski definition) is 2. The Bertz CT molecular complexity index is 252. The average Bonchev–Trinajstić information content (AvgIpc) is 2.27. The lowest BCUT2D eigenvalue weighted by atomic mass is 9.99. The van der Waals surface area contributed by atoms with E-state index in [-0.39, 0.29) is 11.8 Å². The van der Waals surface area contributed by atoms with E-state index in [1.807, 2.05) is 19.1 Å². The minimum atomic E-state index is 0.136. The molecule has 0 aromatic carbocycles. The number of allylic oxidation sites excluding steroid dienone is 1. The number of piperidine rings is 1. The molecule has 0 aromatic heterocycles. The molecule has 1 atom stereocenters. The topological polar surface area (TPSA) is 41.1 Å². The van der Waals surface area contributed by atoms with Gasteiger partial charge in [-0.25, -0.2) is 0 Å². The third kappa shape index (κ3) is 4.30. The summed E-state index contributed by atoms with van der Waals surface area (Å²) in [5.41, 5.74) is 0.939. The van der Waals surface area contributed by atoms with Gasteiger partial charge in [0.05, 0.1) is 5.92 Å². The van der Waals surface area contributed by atoms with Crippen LogP contribution in [0.15, 0.2) is 24.3 Å². The summed E-state index contributed by atoms with van der Waals surface area (Å²) in [6, 6.07) is 0. The van der Waals surface area contributed by atoms with Gasteiger partial charge < -0.3 is 10.6 Å². The standard InChI is InChI=1S/C12H20N2O/c1-3-5-10(2)8-14-12(15)11-6-4-7-13-9-11/h3,5,11,13H,2,4,6-9H2,1H3,(H,14,15)/b5-3-. The molecule has 1 aliphatic heterocycles. The van der Waals surface area contributed by atoms with Crippen molar-refractivity contribution in [3.05, 3.63) is 24.3 Å². The number of rotatable bonds is 4. The highest BCUT2D eigenvalue weighted by atomic mass is 16.1. The fourth-order valence-electron chi connectivity index (χ4n) is 1.72.